The summed E-state index contributed by atoms with van der Waals surface area (Å²) in [4.78, 5) is 0. The first kappa shape index (κ1) is 16.4. The SMILES string of the molecule is CCN(CC)S(=O)(=O)NC(C)c1nnc2n1CCCCC2. The van der Waals surface area contributed by atoms with Crippen molar-refractivity contribution in [2.75, 3.05) is 13.1 Å². The summed E-state index contributed by atoms with van der Waals surface area (Å²) in [6.07, 6.45) is 4.32. The number of fused-ring (bicyclic) bond motifs is 1. The van der Waals surface area contributed by atoms with Crippen molar-refractivity contribution in [3.63, 3.8) is 0 Å². The Bertz CT molecular complexity index is 565. The number of nitrogens with one attached hydrogen (secondary N) is 1. The van der Waals surface area contributed by atoms with E-state index in [-0.39, 0.29) is 6.04 Å². The van der Waals surface area contributed by atoms with Crippen LogP contribution in [0.2, 0.25) is 0 Å². The van der Waals surface area contributed by atoms with E-state index in [2.05, 4.69) is 19.5 Å². The van der Waals surface area contributed by atoms with Crippen LogP contribution in [0.5, 0.6) is 0 Å². The second-order valence-corrected chi connectivity index (χ2v) is 7.07. The average molecular weight is 315 g/mol. The van der Waals surface area contributed by atoms with Crippen molar-refractivity contribution in [3.8, 4) is 0 Å². The van der Waals surface area contributed by atoms with E-state index >= 15 is 0 Å². The molecule has 0 fully saturated rings. The highest BCUT2D eigenvalue weighted by molar-refractivity contribution is 7.87. The summed E-state index contributed by atoms with van der Waals surface area (Å²) in [6, 6.07) is -0.380. The second-order valence-electron chi connectivity index (χ2n) is 5.37. The van der Waals surface area contributed by atoms with Gasteiger partial charge in [0.1, 0.15) is 5.82 Å². The molecular formula is C13H25N5O2S. The van der Waals surface area contributed by atoms with Gasteiger partial charge in [-0.25, -0.2) is 0 Å². The van der Waals surface area contributed by atoms with Crippen LogP contribution in [-0.2, 0) is 23.2 Å². The van der Waals surface area contributed by atoms with Crippen LogP contribution in [-0.4, -0.2) is 40.6 Å². The Kier molecular flexibility index (Phi) is 5.34. The summed E-state index contributed by atoms with van der Waals surface area (Å²) >= 11 is 0. The molecule has 21 heavy (non-hydrogen) atoms. The molecule has 0 saturated carbocycles. The number of hydrogen-bond acceptors (Lipinski definition) is 4. The minimum absolute atomic E-state index is 0.380. The standard InChI is InChI=1S/C13H25N5O2S/c1-4-17(5-2)21(19,20)16-11(3)13-15-14-12-9-7-6-8-10-18(12)13/h11,16H,4-10H2,1-3H3. The molecule has 2 heterocycles. The van der Waals surface area contributed by atoms with Gasteiger partial charge >= 0.3 is 0 Å². The number of rotatable bonds is 6. The lowest BCUT2D eigenvalue weighted by atomic mass is 10.2. The summed E-state index contributed by atoms with van der Waals surface area (Å²) in [5, 5.41) is 8.42. The summed E-state index contributed by atoms with van der Waals surface area (Å²) in [7, 11) is -3.48. The van der Waals surface area contributed by atoms with Crippen LogP contribution in [0.15, 0.2) is 0 Å². The summed E-state index contributed by atoms with van der Waals surface area (Å²) in [5.74, 6) is 1.68. The van der Waals surface area contributed by atoms with Crippen LogP contribution < -0.4 is 4.72 Å². The lowest BCUT2D eigenvalue weighted by molar-refractivity contribution is 0.424. The van der Waals surface area contributed by atoms with Gasteiger partial charge in [-0.15, -0.1) is 10.2 Å². The Morgan fingerprint density at radius 2 is 1.95 bits per heavy atom. The van der Waals surface area contributed by atoms with Gasteiger partial charge in [0.25, 0.3) is 10.2 Å². The van der Waals surface area contributed by atoms with E-state index in [1.807, 2.05) is 20.8 Å². The number of hydrogen-bond donors (Lipinski definition) is 1. The van der Waals surface area contributed by atoms with Gasteiger partial charge in [0.15, 0.2) is 5.82 Å². The summed E-state index contributed by atoms with van der Waals surface area (Å²) in [5.41, 5.74) is 0. The maximum absolute atomic E-state index is 12.3. The topological polar surface area (TPSA) is 80.1 Å². The molecule has 2 rings (SSSR count). The zero-order chi connectivity index (χ0) is 15.5. The first-order valence-electron chi connectivity index (χ1n) is 7.69. The van der Waals surface area contributed by atoms with E-state index in [4.69, 9.17) is 0 Å². The third-order valence-corrected chi connectivity index (χ3v) is 5.74. The molecule has 0 aliphatic carbocycles. The molecule has 1 aliphatic heterocycles. The van der Waals surface area contributed by atoms with Gasteiger partial charge in [-0.2, -0.15) is 17.4 Å². The smallest absolute Gasteiger partial charge is 0.280 e. The van der Waals surface area contributed by atoms with E-state index in [0.29, 0.717) is 18.9 Å². The molecule has 0 radical (unpaired) electrons. The first-order valence-corrected chi connectivity index (χ1v) is 9.13. The van der Waals surface area contributed by atoms with Crippen LogP contribution in [0, 0.1) is 0 Å². The van der Waals surface area contributed by atoms with Crippen molar-refractivity contribution in [1.82, 2.24) is 23.8 Å². The van der Waals surface area contributed by atoms with Crippen molar-refractivity contribution in [1.29, 1.82) is 0 Å². The van der Waals surface area contributed by atoms with Crippen molar-refractivity contribution in [2.24, 2.45) is 0 Å². The van der Waals surface area contributed by atoms with Crippen LogP contribution in [0.3, 0.4) is 0 Å². The second kappa shape index (κ2) is 6.85. The van der Waals surface area contributed by atoms with Crippen LogP contribution in [0.25, 0.3) is 0 Å². The van der Waals surface area contributed by atoms with Crippen molar-refractivity contribution < 1.29 is 8.42 Å². The Labute approximate surface area is 126 Å². The largest absolute Gasteiger partial charge is 0.314 e. The number of nitrogens with zero attached hydrogens (tertiary/aromatic N) is 4. The molecule has 0 saturated heterocycles. The fourth-order valence-corrected chi connectivity index (χ4v) is 4.12. The maximum Gasteiger partial charge on any atom is 0.280 e. The van der Waals surface area contributed by atoms with Crippen LogP contribution >= 0.6 is 0 Å². The van der Waals surface area contributed by atoms with Gasteiger partial charge in [-0.05, 0) is 19.8 Å². The highest BCUT2D eigenvalue weighted by atomic mass is 32.2. The van der Waals surface area contributed by atoms with Crippen LogP contribution in [0.4, 0.5) is 0 Å². The first-order chi connectivity index (χ1) is 9.99. The Balaban J connectivity index is 2.17. The number of aryl methyl sites for hydroxylation is 1. The monoisotopic (exact) mass is 315 g/mol. The van der Waals surface area contributed by atoms with Gasteiger partial charge in [0.2, 0.25) is 0 Å². The Morgan fingerprint density at radius 1 is 1.24 bits per heavy atom. The molecular weight excluding hydrogens is 290 g/mol. The van der Waals surface area contributed by atoms with E-state index in [0.717, 1.165) is 31.6 Å². The quantitative estimate of drug-likeness (QED) is 0.856. The third kappa shape index (κ3) is 3.61. The normalized spacial score (nSPS) is 17.5. The molecule has 0 amide bonds. The molecule has 1 N–H and O–H groups in total. The van der Waals surface area contributed by atoms with E-state index in [9.17, 15) is 8.42 Å². The minimum Gasteiger partial charge on any atom is -0.314 e. The van der Waals surface area contributed by atoms with Gasteiger partial charge in [0.05, 0.1) is 6.04 Å². The molecule has 1 aromatic rings. The van der Waals surface area contributed by atoms with Crippen LogP contribution in [0.1, 0.15) is 57.7 Å². The molecule has 1 aromatic heterocycles. The summed E-state index contributed by atoms with van der Waals surface area (Å²) < 4.78 is 30.8. The van der Waals surface area contributed by atoms with Crippen molar-refractivity contribution in [3.05, 3.63) is 11.6 Å². The van der Waals surface area contributed by atoms with Crippen molar-refractivity contribution >= 4 is 10.2 Å². The Morgan fingerprint density at radius 3 is 2.62 bits per heavy atom. The minimum atomic E-state index is -3.48. The molecule has 1 aliphatic rings. The molecule has 0 aromatic carbocycles. The van der Waals surface area contributed by atoms with Gasteiger partial charge in [-0.3, -0.25) is 0 Å². The molecule has 1 unspecified atom stereocenters. The molecule has 0 spiro atoms. The Hall–Kier alpha value is -0.990. The van der Waals surface area contributed by atoms with E-state index in [1.165, 1.54) is 10.7 Å². The van der Waals surface area contributed by atoms with Gasteiger partial charge in [0, 0.05) is 26.1 Å². The molecule has 7 nitrogen and oxygen atoms in total. The van der Waals surface area contributed by atoms with E-state index in [1.54, 1.807) is 0 Å². The lowest BCUT2D eigenvalue weighted by Gasteiger charge is -2.22. The molecule has 8 heteroatoms. The zero-order valence-corrected chi connectivity index (χ0v) is 13.9. The third-order valence-electron chi connectivity index (χ3n) is 3.90. The average Bonchev–Trinajstić information content (AvgIpc) is 2.69. The number of aromatic nitrogens is 3. The molecule has 0 bridgehead atoms. The maximum atomic E-state index is 12.3. The predicted molar refractivity (Wildman–Crippen MR) is 81.0 cm³/mol. The van der Waals surface area contributed by atoms with Crippen molar-refractivity contribution in [2.45, 2.75) is 59.0 Å². The van der Waals surface area contributed by atoms with Gasteiger partial charge < -0.3 is 4.57 Å². The fourth-order valence-electron chi connectivity index (χ4n) is 2.74. The highest BCUT2D eigenvalue weighted by Crippen LogP contribution is 2.19. The van der Waals surface area contributed by atoms with E-state index < -0.39 is 10.2 Å². The summed E-state index contributed by atoms with van der Waals surface area (Å²) in [6.45, 7) is 7.26. The lowest BCUT2D eigenvalue weighted by Crippen LogP contribution is -2.42. The highest BCUT2D eigenvalue weighted by Gasteiger charge is 2.25. The fraction of sp³-hybridized carbons (Fsp3) is 0.846. The molecule has 120 valence electrons. The predicted octanol–water partition coefficient (Wildman–Crippen LogP) is 1.24. The van der Waals surface area contributed by atoms with Gasteiger partial charge in [-0.1, -0.05) is 20.3 Å². The zero-order valence-electron chi connectivity index (χ0n) is 13.0. The molecule has 1 atom stereocenters.